The summed E-state index contributed by atoms with van der Waals surface area (Å²) < 4.78 is 5.52. The Labute approximate surface area is 99.4 Å². The quantitative estimate of drug-likeness (QED) is 0.556. The number of Topliss-reactive ketones (excluding diaryl/α,β-unsaturated/α-hetero) is 1. The van der Waals surface area contributed by atoms with Gasteiger partial charge in [-0.3, -0.25) is 14.5 Å². The largest absolute Gasteiger partial charge is 0.393 e. The number of ketones is 1. The van der Waals surface area contributed by atoms with E-state index in [1.54, 1.807) is 6.92 Å². The predicted octanol–water partition coefficient (Wildman–Crippen LogP) is 0.355. The third-order valence-electron chi connectivity index (χ3n) is 3.06. The Bertz CT molecular complexity index is 413. The summed E-state index contributed by atoms with van der Waals surface area (Å²) in [5, 5.41) is 9.05. The van der Waals surface area contributed by atoms with Gasteiger partial charge < -0.3 is 9.84 Å². The zero-order valence-corrected chi connectivity index (χ0v) is 9.68. The molecule has 0 aromatic heterocycles. The van der Waals surface area contributed by atoms with Crippen LogP contribution < -0.4 is 0 Å². The van der Waals surface area contributed by atoms with Gasteiger partial charge in [-0.2, -0.15) is 0 Å². The van der Waals surface area contributed by atoms with Gasteiger partial charge in [-0.05, 0) is 12.5 Å². The first kappa shape index (κ1) is 12.0. The Hall–Kier alpha value is -1.46. The van der Waals surface area contributed by atoms with Crippen LogP contribution in [-0.2, 0) is 14.3 Å². The smallest absolute Gasteiger partial charge is 0.236 e. The molecule has 2 atom stereocenters. The molecule has 0 spiro atoms. The van der Waals surface area contributed by atoms with E-state index in [4.69, 9.17) is 9.84 Å². The topological polar surface area (TPSA) is 66.8 Å². The summed E-state index contributed by atoms with van der Waals surface area (Å²) in [6.07, 6.45) is 1.04. The summed E-state index contributed by atoms with van der Waals surface area (Å²) in [4.78, 5) is 24.5. The molecule has 1 saturated heterocycles. The van der Waals surface area contributed by atoms with Crippen molar-refractivity contribution in [1.29, 1.82) is 0 Å². The summed E-state index contributed by atoms with van der Waals surface area (Å²) in [6, 6.07) is 0. The molecule has 0 saturated carbocycles. The molecule has 0 aromatic carbocycles. The van der Waals surface area contributed by atoms with E-state index in [9.17, 15) is 9.59 Å². The van der Waals surface area contributed by atoms with Gasteiger partial charge in [0.1, 0.15) is 12.3 Å². The van der Waals surface area contributed by atoms with Gasteiger partial charge >= 0.3 is 0 Å². The van der Waals surface area contributed by atoms with Crippen molar-refractivity contribution in [2.75, 3.05) is 6.61 Å². The van der Waals surface area contributed by atoms with Gasteiger partial charge in [0.2, 0.25) is 5.91 Å². The average molecular weight is 237 g/mol. The standard InChI is InChI=1S/C12H15NO4/c1-7-3-12(17-10(7)6-14)13-5-8(2)9(15)4-11(13)16/h5,10,12,14H,1,3-4,6H2,2H3/t10-,12-/m0/s1. The van der Waals surface area contributed by atoms with Crippen LogP contribution in [0.15, 0.2) is 23.9 Å². The van der Waals surface area contributed by atoms with Gasteiger partial charge in [0, 0.05) is 18.2 Å². The predicted molar refractivity (Wildman–Crippen MR) is 59.7 cm³/mol. The second-order valence-electron chi connectivity index (χ2n) is 4.34. The lowest BCUT2D eigenvalue weighted by atomic mass is 10.1. The van der Waals surface area contributed by atoms with Gasteiger partial charge in [-0.25, -0.2) is 0 Å². The fourth-order valence-electron chi connectivity index (χ4n) is 1.99. The van der Waals surface area contributed by atoms with Crippen LogP contribution in [0.1, 0.15) is 19.8 Å². The lowest BCUT2D eigenvalue weighted by Crippen LogP contribution is -2.40. The molecule has 0 unspecified atom stereocenters. The van der Waals surface area contributed by atoms with Gasteiger partial charge in [-0.15, -0.1) is 0 Å². The number of amides is 1. The van der Waals surface area contributed by atoms with Crippen LogP contribution in [0.25, 0.3) is 0 Å². The summed E-state index contributed by atoms with van der Waals surface area (Å²) in [7, 11) is 0. The monoisotopic (exact) mass is 237 g/mol. The molecule has 5 nitrogen and oxygen atoms in total. The summed E-state index contributed by atoms with van der Waals surface area (Å²) in [6.45, 7) is 5.34. The van der Waals surface area contributed by atoms with E-state index in [1.165, 1.54) is 11.1 Å². The Morgan fingerprint density at radius 3 is 2.88 bits per heavy atom. The minimum Gasteiger partial charge on any atom is -0.393 e. The van der Waals surface area contributed by atoms with Crippen molar-refractivity contribution in [2.45, 2.75) is 32.1 Å². The van der Waals surface area contributed by atoms with Gasteiger partial charge in [0.05, 0.1) is 13.0 Å². The fraction of sp³-hybridized carbons (Fsp3) is 0.500. The number of hydrogen-bond acceptors (Lipinski definition) is 4. The normalized spacial score (nSPS) is 29.9. The van der Waals surface area contributed by atoms with Crippen LogP contribution in [0.2, 0.25) is 0 Å². The van der Waals surface area contributed by atoms with E-state index < -0.39 is 12.3 Å². The molecule has 0 radical (unpaired) electrons. The summed E-state index contributed by atoms with van der Waals surface area (Å²) in [5.74, 6) is -0.418. The molecule has 2 aliphatic rings. The number of rotatable bonds is 2. The highest BCUT2D eigenvalue weighted by molar-refractivity contribution is 6.09. The van der Waals surface area contributed by atoms with E-state index in [1.807, 2.05) is 0 Å². The zero-order valence-electron chi connectivity index (χ0n) is 9.68. The van der Waals surface area contributed by atoms with Crippen molar-refractivity contribution in [3.05, 3.63) is 23.9 Å². The van der Waals surface area contributed by atoms with E-state index in [0.29, 0.717) is 12.0 Å². The van der Waals surface area contributed by atoms with Crippen molar-refractivity contribution in [3.63, 3.8) is 0 Å². The number of allylic oxidation sites excluding steroid dienone is 1. The van der Waals surface area contributed by atoms with Crippen LogP contribution >= 0.6 is 0 Å². The fourth-order valence-corrected chi connectivity index (χ4v) is 1.99. The maximum atomic E-state index is 11.7. The number of nitrogens with zero attached hydrogens (tertiary/aromatic N) is 1. The highest BCUT2D eigenvalue weighted by Crippen LogP contribution is 2.29. The number of ether oxygens (including phenoxy) is 1. The van der Waals surface area contributed by atoms with Crippen molar-refractivity contribution in [3.8, 4) is 0 Å². The van der Waals surface area contributed by atoms with Crippen molar-refractivity contribution >= 4 is 11.7 Å². The molecule has 1 N–H and O–H groups in total. The number of aliphatic hydroxyl groups excluding tert-OH is 1. The molecule has 2 aliphatic heterocycles. The maximum absolute atomic E-state index is 11.7. The number of carbonyl (C=O) groups excluding carboxylic acids is 2. The average Bonchev–Trinajstić information content (AvgIpc) is 2.65. The number of carbonyl (C=O) groups is 2. The first-order chi connectivity index (χ1) is 8.02. The zero-order chi connectivity index (χ0) is 12.6. The highest BCUT2D eigenvalue weighted by atomic mass is 16.5. The summed E-state index contributed by atoms with van der Waals surface area (Å²) in [5.41, 5.74) is 1.32. The van der Waals surface area contributed by atoms with E-state index >= 15 is 0 Å². The third kappa shape index (κ3) is 2.16. The van der Waals surface area contributed by atoms with Gasteiger partial charge in [-0.1, -0.05) is 6.58 Å². The minimum atomic E-state index is -0.449. The molecule has 5 heteroatoms. The Kier molecular flexibility index (Phi) is 3.13. The molecule has 0 aromatic rings. The molecule has 0 aliphatic carbocycles. The highest BCUT2D eigenvalue weighted by Gasteiger charge is 2.36. The Morgan fingerprint density at radius 1 is 1.59 bits per heavy atom. The molecule has 2 heterocycles. The van der Waals surface area contributed by atoms with Crippen LogP contribution in [-0.4, -0.2) is 40.6 Å². The van der Waals surface area contributed by atoms with Gasteiger partial charge in [0.15, 0.2) is 5.78 Å². The first-order valence-corrected chi connectivity index (χ1v) is 5.49. The van der Waals surface area contributed by atoms with Crippen LogP contribution in [0.4, 0.5) is 0 Å². The lowest BCUT2D eigenvalue weighted by molar-refractivity contribution is -0.144. The molecule has 1 fully saturated rings. The first-order valence-electron chi connectivity index (χ1n) is 5.49. The van der Waals surface area contributed by atoms with E-state index in [0.717, 1.165) is 5.57 Å². The van der Waals surface area contributed by atoms with E-state index in [-0.39, 0.29) is 24.7 Å². The maximum Gasteiger partial charge on any atom is 0.236 e. The SMILES string of the molecule is C=C1C[C@@H](N2C=C(C)C(=O)CC2=O)O[C@H]1CO. The second-order valence-corrected chi connectivity index (χ2v) is 4.34. The Morgan fingerprint density at radius 2 is 2.29 bits per heavy atom. The summed E-state index contributed by atoms with van der Waals surface area (Å²) >= 11 is 0. The van der Waals surface area contributed by atoms with Crippen LogP contribution in [0.5, 0.6) is 0 Å². The molecular formula is C12H15NO4. The van der Waals surface area contributed by atoms with Crippen molar-refractivity contribution in [2.24, 2.45) is 0 Å². The lowest BCUT2D eigenvalue weighted by Gasteiger charge is -2.28. The van der Waals surface area contributed by atoms with Crippen LogP contribution in [0.3, 0.4) is 0 Å². The van der Waals surface area contributed by atoms with Crippen LogP contribution in [0, 0.1) is 0 Å². The molecular weight excluding hydrogens is 222 g/mol. The molecule has 0 bridgehead atoms. The van der Waals surface area contributed by atoms with E-state index in [2.05, 4.69) is 6.58 Å². The molecule has 2 rings (SSSR count). The van der Waals surface area contributed by atoms with Crippen molar-refractivity contribution < 1.29 is 19.4 Å². The molecule has 1 amide bonds. The molecule has 17 heavy (non-hydrogen) atoms. The van der Waals surface area contributed by atoms with Gasteiger partial charge in [0.25, 0.3) is 0 Å². The van der Waals surface area contributed by atoms with Crippen molar-refractivity contribution in [1.82, 2.24) is 4.90 Å². The third-order valence-corrected chi connectivity index (χ3v) is 3.06. The Balaban J connectivity index is 2.16. The molecule has 92 valence electrons. The minimum absolute atomic E-state index is 0.113. The second kappa shape index (κ2) is 4.43. The number of aliphatic hydroxyl groups is 1. The number of hydrogen-bond donors (Lipinski definition) is 1.